The van der Waals surface area contributed by atoms with Crippen molar-refractivity contribution in [2.24, 2.45) is 0 Å². The molecule has 0 N–H and O–H groups in total. The minimum Gasteiger partial charge on any atom is -0.377 e. The summed E-state index contributed by atoms with van der Waals surface area (Å²) in [6.45, 7) is 0. The second-order valence-electron chi connectivity index (χ2n) is 12.7. The van der Waals surface area contributed by atoms with Gasteiger partial charge in [-0.2, -0.15) is 0 Å². The van der Waals surface area contributed by atoms with Gasteiger partial charge in [0.2, 0.25) is 0 Å². The molecule has 0 aromatic heterocycles. The van der Waals surface area contributed by atoms with E-state index >= 15 is 0 Å². The Morgan fingerprint density at radius 2 is 0.463 bits per heavy atom. The molecular weight excluding hydrogens is 635 g/mol. The summed E-state index contributed by atoms with van der Waals surface area (Å²) in [5, 5.41) is 0. The van der Waals surface area contributed by atoms with Crippen LogP contribution in [0.2, 0.25) is 6.04 Å². The van der Waals surface area contributed by atoms with Gasteiger partial charge in [-0.15, -0.1) is 0 Å². The van der Waals surface area contributed by atoms with Crippen LogP contribution in [0, 0.1) is 0 Å². The quantitative estimate of drug-likeness (QED) is 0.0280. The van der Waals surface area contributed by atoms with E-state index in [-0.39, 0.29) is 0 Å². The van der Waals surface area contributed by atoms with Gasteiger partial charge in [0.1, 0.15) is 0 Å². The molecule has 0 heterocycles. The number of alkyl halides is 1. The van der Waals surface area contributed by atoms with E-state index in [0.29, 0.717) is 0 Å². The Bertz CT molecular complexity index is 467. The highest BCUT2D eigenvalue weighted by molar-refractivity contribution is 14.1. The predicted octanol–water partition coefficient (Wildman–Crippen LogP) is 13.4. The van der Waals surface area contributed by atoms with Crippen LogP contribution in [0.1, 0.15) is 199 Å². The fourth-order valence-corrected chi connectivity index (χ4v) is 8.45. The second kappa shape index (κ2) is 35.3. The van der Waals surface area contributed by atoms with Gasteiger partial charge in [0, 0.05) is 27.4 Å². The summed E-state index contributed by atoms with van der Waals surface area (Å²) in [6.07, 6.45) is 44.7. The summed E-state index contributed by atoms with van der Waals surface area (Å²) in [4.78, 5) is 0. The zero-order chi connectivity index (χ0) is 30.0. The molecule has 0 aromatic rings. The molecule has 3 nitrogen and oxygen atoms in total. The molecule has 0 aliphatic carbocycles. The first-order chi connectivity index (χ1) is 20.2. The monoisotopic (exact) mass is 710 g/mol. The molecule has 0 amide bonds. The van der Waals surface area contributed by atoms with Gasteiger partial charge in [-0.05, 0) is 17.3 Å². The van der Waals surface area contributed by atoms with Crippen molar-refractivity contribution in [1.82, 2.24) is 0 Å². The zero-order valence-electron chi connectivity index (χ0n) is 28.4. The van der Waals surface area contributed by atoms with Crippen molar-refractivity contribution in [3.8, 4) is 0 Å². The fourth-order valence-electron chi connectivity index (χ4n) is 6.12. The van der Waals surface area contributed by atoms with E-state index in [1.54, 1.807) is 21.3 Å². The summed E-state index contributed by atoms with van der Waals surface area (Å²) in [6, 6.07) is 0.940. The first-order valence-electron chi connectivity index (χ1n) is 18.5. The lowest BCUT2D eigenvalue weighted by Crippen LogP contribution is -2.42. The molecule has 0 aliphatic heterocycles. The summed E-state index contributed by atoms with van der Waals surface area (Å²) in [7, 11) is 2.79. The summed E-state index contributed by atoms with van der Waals surface area (Å²) >= 11 is 2.50. The maximum Gasteiger partial charge on any atom is 0.500 e. The molecule has 0 saturated carbocycles. The molecule has 0 aromatic carbocycles. The minimum atomic E-state index is -2.34. The molecule has 0 aliphatic rings. The largest absolute Gasteiger partial charge is 0.500 e. The van der Waals surface area contributed by atoms with E-state index in [1.165, 1.54) is 197 Å². The van der Waals surface area contributed by atoms with Gasteiger partial charge >= 0.3 is 8.80 Å². The summed E-state index contributed by atoms with van der Waals surface area (Å²) < 4.78 is 17.8. The molecule has 0 saturated heterocycles. The lowest BCUT2D eigenvalue weighted by Gasteiger charge is -2.24. The molecule has 41 heavy (non-hydrogen) atoms. The molecular formula is C36H75IO3Si. The Kier molecular flexibility index (Phi) is 36.0. The smallest absolute Gasteiger partial charge is 0.377 e. The standard InChI is InChI=1S/C36H75IO3Si/c1-38-41(39-2,40-3)36-34-32-30-28-26-24-22-20-18-16-14-12-10-8-6-4-5-7-9-11-13-15-17-19-21-23-25-27-29-31-33-35-37/h4-36H2,1-3H3. The summed E-state index contributed by atoms with van der Waals surface area (Å²) in [5.74, 6) is 0. The van der Waals surface area contributed by atoms with Gasteiger partial charge in [-0.25, -0.2) is 0 Å². The maximum atomic E-state index is 5.50. The van der Waals surface area contributed by atoms with Crippen LogP contribution in [0.4, 0.5) is 0 Å². The van der Waals surface area contributed by atoms with E-state index in [4.69, 9.17) is 13.3 Å². The molecule has 0 atom stereocenters. The Morgan fingerprint density at radius 3 is 0.634 bits per heavy atom. The average molecular weight is 711 g/mol. The van der Waals surface area contributed by atoms with Crippen LogP contribution in [0.5, 0.6) is 0 Å². The number of hydrogen-bond acceptors (Lipinski definition) is 3. The van der Waals surface area contributed by atoms with Gasteiger partial charge in [0.25, 0.3) is 0 Å². The molecule has 0 bridgehead atoms. The Balaban J connectivity index is 3.12. The highest BCUT2D eigenvalue weighted by Crippen LogP contribution is 2.19. The van der Waals surface area contributed by atoms with Crippen LogP contribution in [0.15, 0.2) is 0 Å². The van der Waals surface area contributed by atoms with Crippen LogP contribution in [-0.4, -0.2) is 34.6 Å². The van der Waals surface area contributed by atoms with Crippen LogP contribution < -0.4 is 0 Å². The lowest BCUT2D eigenvalue weighted by atomic mass is 10.0. The normalized spacial score (nSPS) is 12.0. The van der Waals surface area contributed by atoms with E-state index in [2.05, 4.69) is 22.6 Å². The minimum absolute atomic E-state index is 0.940. The Morgan fingerprint density at radius 1 is 0.293 bits per heavy atom. The third kappa shape index (κ3) is 30.6. The molecule has 5 heteroatoms. The molecule has 0 unspecified atom stereocenters. The van der Waals surface area contributed by atoms with E-state index in [1.807, 2.05) is 0 Å². The van der Waals surface area contributed by atoms with Crippen LogP contribution >= 0.6 is 22.6 Å². The van der Waals surface area contributed by atoms with Crippen molar-refractivity contribution in [1.29, 1.82) is 0 Å². The maximum absolute atomic E-state index is 5.50. The lowest BCUT2D eigenvalue weighted by molar-refractivity contribution is 0.122. The third-order valence-electron chi connectivity index (χ3n) is 9.05. The van der Waals surface area contributed by atoms with Crippen LogP contribution in [0.3, 0.4) is 0 Å². The van der Waals surface area contributed by atoms with Crippen molar-refractivity contribution in [2.45, 2.75) is 205 Å². The van der Waals surface area contributed by atoms with Gasteiger partial charge in [0.05, 0.1) is 0 Å². The number of rotatable bonds is 36. The molecule has 0 spiro atoms. The number of hydrogen-bond donors (Lipinski definition) is 0. The van der Waals surface area contributed by atoms with Gasteiger partial charge < -0.3 is 13.3 Å². The first-order valence-corrected chi connectivity index (χ1v) is 21.9. The highest BCUT2D eigenvalue weighted by Gasteiger charge is 2.36. The van der Waals surface area contributed by atoms with Gasteiger partial charge in [0.15, 0.2) is 0 Å². The number of halogens is 1. The average Bonchev–Trinajstić information content (AvgIpc) is 3.00. The van der Waals surface area contributed by atoms with Crippen LogP contribution in [-0.2, 0) is 13.3 Å². The topological polar surface area (TPSA) is 27.7 Å². The van der Waals surface area contributed by atoms with Crippen molar-refractivity contribution in [3.63, 3.8) is 0 Å². The molecule has 0 rings (SSSR count). The SMILES string of the molecule is CO[Si](CCCCCCCCCCCCCCCCCCCCCCCCCCCCCCCCCI)(OC)OC. The fraction of sp³-hybridized carbons (Fsp3) is 1.00. The number of unbranched alkanes of at least 4 members (excludes halogenated alkanes) is 30. The van der Waals surface area contributed by atoms with Gasteiger partial charge in [-0.1, -0.05) is 209 Å². The zero-order valence-corrected chi connectivity index (χ0v) is 31.6. The summed E-state index contributed by atoms with van der Waals surface area (Å²) in [5.41, 5.74) is 0. The Labute approximate surface area is 274 Å². The van der Waals surface area contributed by atoms with E-state index in [9.17, 15) is 0 Å². The van der Waals surface area contributed by atoms with Gasteiger partial charge in [-0.3, -0.25) is 0 Å². The van der Waals surface area contributed by atoms with E-state index in [0.717, 1.165) is 12.5 Å². The first kappa shape index (κ1) is 41.8. The molecule has 248 valence electrons. The Hall–Kier alpha value is 0.827. The van der Waals surface area contributed by atoms with Crippen molar-refractivity contribution in [2.75, 3.05) is 25.8 Å². The molecule has 0 fully saturated rings. The van der Waals surface area contributed by atoms with Crippen molar-refractivity contribution < 1.29 is 13.3 Å². The third-order valence-corrected chi connectivity index (χ3v) is 12.6. The predicted molar refractivity (Wildman–Crippen MR) is 194 cm³/mol. The highest BCUT2D eigenvalue weighted by atomic mass is 127. The van der Waals surface area contributed by atoms with Crippen molar-refractivity contribution in [3.05, 3.63) is 0 Å². The molecule has 0 radical (unpaired) electrons. The van der Waals surface area contributed by atoms with E-state index < -0.39 is 8.80 Å². The second-order valence-corrected chi connectivity index (χ2v) is 16.9. The van der Waals surface area contributed by atoms with Crippen molar-refractivity contribution >= 4 is 31.4 Å². The van der Waals surface area contributed by atoms with Crippen LogP contribution in [0.25, 0.3) is 0 Å².